The monoisotopic (exact) mass is 223 g/mol. The molecule has 13 heavy (non-hydrogen) atoms. The van der Waals surface area contributed by atoms with E-state index in [9.17, 15) is 13.2 Å². The van der Waals surface area contributed by atoms with Gasteiger partial charge in [-0.05, 0) is 0 Å². The van der Waals surface area contributed by atoms with Crippen LogP contribution in [0.5, 0.6) is 0 Å². The van der Waals surface area contributed by atoms with Crippen LogP contribution in [-0.4, -0.2) is 48.3 Å². The van der Waals surface area contributed by atoms with Crippen molar-refractivity contribution in [3.63, 3.8) is 0 Å². The Bertz CT molecular complexity index is 346. The summed E-state index contributed by atoms with van der Waals surface area (Å²) in [6, 6.07) is -0.776. The van der Waals surface area contributed by atoms with E-state index in [-0.39, 0.29) is 5.75 Å². The Morgan fingerprint density at radius 1 is 1.77 bits per heavy atom. The summed E-state index contributed by atoms with van der Waals surface area (Å²) in [6.07, 6.45) is 1.10. The molecule has 0 saturated heterocycles. The van der Waals surface area contributed by atoms with Crippen LogP contribution in [0.15, 0.2) is 4.99 Å². The van der Waals surface area contributed by atoms with Crippen molar-refractivity contribution in [3.05, 3.63) is 0 Å². The molecule has 0 aromatic heterocycles. The van der Waals surface area contributed by atoms with E-state index in [1.54, 1.807) is 0 Å². The minimum absolute atomic E-state index is 0.151. The number of carboxylic acid groups (broad SMARTS) is 1. The summed E-state index contributed by atoms with van der Waals surface area (Å²) in [4.78, 5) is 14.2. The smallest absolute Gasteiger partial charge is 0.329 e. The molecule has 1 N–H and O–H groups in total. The summed E-state index contributed by atoms with van der Waals surface area (Å²) in [5.74, 6) is -0.822. The Morgan fingerprint density at radius 2 is 2.38 bits per heavy atom. The van der Waals surface area contributed by atoms with Crippen molar-refractivity contribution >= 4 is 32.6 Å². The summed E-state index contributed by atoms with van der Waals surface area (Å²) in [6.45, 7) is 0. The molecule has 1 unspecified atom stereocenters. The summed E-state index contributed by atoms with van der Waals surface area (Å²) < 4.78 is 21.6. The first-order valence-electron chi connectivity index (χ1n) is 3.48. The molecule has 1 aliphatic rings. The van der Waals surface area contributed by atoms with Crippen LogP contribution in [0.25, 0.3) is 0 Å². The number of rotatable bonds is 3. The third-order valence-corrected chi connectivity index (χ3v) is 3.42. The van der Waals surface area contributed by atoms with Gasteiger partial charge in [0.2, 0.25) is 0 Å². The Hall–Kier alpha value is -0.560. The molecule has 0 amide bonds. The van der Waals surface area contributed by atoms with Crippen molar-refractivity contribution in [1.29, 1.82) is 0 Å². The lowest BCUT2D eigenvalue weighted by atomic mass is 10.4. The molecule has 1 atom stereocenters. The summed E-state index contributed by atoms with van der Waals surface area (Å²) in [7, 11) is -3.10. The van der Waals surface area contributed by atoms with Crippen molar-refractivity contribution in [2.75, 3.05) is 17.8 Å². The van der Waals surface area contributed by atoms with Crippen LogP contribution < -0.4 is 0 Å². The van der Waals surface area contributed by atoms with Crippen molar-refractivity contribution in [3.8, 4) is 0 Å². The van der Waals surface area contributed by atoms with E-state index in [1.165, 1.54) is 11.8 Å². The molecule has 0 saturated carbocycles. The first kappa shape index (κ1) is 10.5. The van der Waals surface area contributed by atoms with E-state index < -0.39 is 21.8 Å². The lowest BCUT2D eigenvalue weighted by Crippen LogP contribution is -2.17. The van der Waals surface area contributed by atoms with E-state index in [2.05, 4.69) is 4.99 Å². The predicted octanol–water partition coefficient (Wildman–Crippen LogP) is -0.370. The van der Waals surface area contributed by atoms with E-state index in [1.807, 2.05) is 0 Å². The average Bonchev–Trinajstić information content (AvgIpc) is 2.31. The highest BCUT2D eigenvalue weighted by Gasteiger charge is 2.25. The van der Waals surface area contributed by atoms with Gasteiger partial charge in [-0.2, -0.15) is 0 Å². The molecule has 0 spiro atoms. The number of sulfone groups is 1. The fraction of sp³-hybridized carbons (Fsp3) is 0.667. The van der Waals surface area contributed by atoms with Gasteiger partial charge in [0.1, 0.15) is 0 Å². The van der Waals surface area contributed by atoms with Crippen LogP contribution in [0.3, 0.4) is 0 Å². The fourth-order valence-electron chi connectivity index (χ4n) is 0.853. The maximum atomic E-state index is 10.8. The molecule has 7 heteroatoms. The molecule has 0 fully saturated rings. The van der Waals surface area contributed by atoms with E-state index >= 15 is 0 Å². The summed E-state index contributed by atoms with van der Waals surface area (Å²) in [5, 5.41) is 8.96. The molecule has 1 rings (SSSR count). The van der Waals surface area contributed by atoms with Gasteiger partial charge in [-0.3, -0.25) is 4.99 Å². The molecule has 0 radical (unpaired) electrons. The van der Waals surface area contributed by atoms with Gasteiger partial charge in [-0.25, -0.2) is 13.2 Å². The van der Waals surface area contributed by atoms with Gasteiger partial charge in [0.05, 0.1) is 10.8 Å². The number of thioether (sulfide) groups is 1. The number of carboxylic acids is 1. The molecule has 5 nitrogen and oxygen atoms in total. The lowest BCUT2D eigenvalue weighted by Gasteiger charge is -1.95. The number of hydrogen-bond donors (Lipinski definition) is 1. The normalized spacial score (nSPS) is 22.8. The summed E-state index contributed by atoms with van der Waals surface area (Å²) in [5.41, 5.74) is 0. The summed E-state index contributed by atoms with van der Waals surface area (Å²) >= 11 is 1.20. The van der Waals surface area contributed by atoms with Gasteiger partial charge in [-0.1, -0.05) is 0 Å². The van der Waals surface area contributed by atoms with Gasteiger partial charge in [0.25, 0.3) is 0 Å². The Balaban J connectivity index is 2.66. The van der Waals surface area contributed by atoms with Crippen LogP contribution in [0, 0.1) is 0 Å². The predicted molar refractivity (Wildman–Crippen MR) is 51.0 cm³/mol. The van der Waals surface area contributed by atoms with Crippen molar-refractivity contribution in [2.24, 2.45) is 4.99 Å². The van der Waals surface area contributed by atoms with Crippen molar-refractivity contribution < 1.29 is 18.3 Å². The molecule has 0 bridgehead atoms. The first-order valence-corrected chi connectivity index (χ1v) is 6.53. The van der Waals surface area contributed by atoms with Crippen LogP contribution in [-0.2, 0) is 14.6 Å². The molecule has 74 valence electrons. The molecule has 0 aromatic carbocycles. The zero-order chi connectivity index (χ0) is 10.1. The van der Waals surface area contributed by atoms with Gasteiger partial charge in [0.15, 0.2) is 15.9 Å². The Morgan fingerprint density at radius 3 is 2.77 bits per heavy atom. The van der Waals surface area contributed by atoms with Crippen LogP contribution in [0.2, 0.25) is 0 Å². The zero-order valence-electron chi connectivity index (χ0n) is 6.93. The van der Waals surface area contributed by atoms with Gasteiger partial charge in [-0.15, -0.1) is 11.8 Å². The maximum absolute atomic E-state index is 10.8. The lowest BCUT2D eigenvalue weighted by molar-refractivity contribution is -0.137. The van der Waals surface area contributed by atoms with Crippen LogP contribution in [0.4, 0.5) is 0 Å². The largest absolute Gasteiger partial charge is 0.480 e. The van der Waals surface area contributed by atoms with Gasteiger partial charge in [0, 0.05) is 12.0 Å². The van der Waals surface area contributed by atoms with Crippen LogP contribution in [0.1, 0.15) is 0 Å². The third kappa shape index (κ3) is 3.35. The number of aliphatic carboxylic acids is 1. The second-order valence-electron chi connectivity index (χ2n) is 2.76. The molecule has 0 aliphatic carbocycles. The average molecular weight is 223 g/mol. The minimum Gasteiger partial charge on any atom is -0.480 e. The molecular weight excluding hydrogens is 214 g/mol. The fourth-order valence-corrected chi connectivity index (χ4v) is 3.12. The molecular formula is C6H9NO4S2. The quantitative estimate of drug-likeness (QED) is 0.705. The first-order chi connectivity index (χ1) is 5.88. The number of hydrogen-bond acceptors (Lipinski definition) is 5. The SMILES string of the molecule is CS(=O)(=O)CC1=NC(C(=O)O)CS1. The highest BCUT2D eigenvalue weighted by molar-refractivity contribution is 8.15. The standard InChI is InChI=1S/C6H9NO4S2/c1-13(10,11)3-5-7-4(2-12-5)6(8)9/h4H,2-3H2,1H3,(H,8,9). The number of aliphatic imine (C=N–C) groups is 1. The minimum atomic E-state index is -3.10. The molecule has 1 heterocycles. The van der Waals surface area contributed by atoms with Crippen LogP contribution >= 0.6 is 11.8 Å². The highest BCUT2D eigenvalue weighted by atomic mass is 32.2. The van der Waals surface area contributed by atoms with Crippen molar-refractivity contribution in [1.82, 2.24) is 0 Å². The Labute approximate surface area is 80.2 Å². The second-order valence-corrected chi connectivity index (χ2v) is 5.99. The van der Waals surface area contributed by atoms with E-state index in [0.717, 1.165) is 6.26 Å². The Kier molecular flexibility index (Phi) is 2.97. The molecule has 0 aromatic rings. The van der Waals surface area contributed by atoms with Crippen molar-refractivity contribution in [2.45, 2.75) is 6.04 Å². The zero-order valence-corrected chi connectivity index (χ0v) is 8.56. The maximum Gasteiger partial charge on any atom is 0.329 e. The topological polar surface area (TPSA) is 83.8 Å². The number of nitrogens with zero attached hydrogens (tertiary/aromatic N) is 1. The molecule has 1 aliphatic heterocycles. The second kappa shape index (κ2) is 3.67. The van der Waals surface area contributed by atoms with E-state index in [4.69, 9.17) is 5.11 Å². The van der Waals surface area contributed by atoms with Gasteiger partial charge < -0.3 is 5.11 Å². The third-order valence-electron chi connectivity index (χ3n) is 1.38. The van der Waals surface area contributed by atoms with Gasteiger partial charge >= 0.3 is 5.97 Å². The number of carbonyl (C=O) groups is 1. The van der Waals surface area contributed by atoms with E-state index in [0.29, 0.717) is 10.8 Å². The highest BCUT2D eigenvalue weighted by Crippen LogP contribution is 2.19.